The van der Waals surface area contributed by atoms with E-state index < -0.39 is 0 Å². The summed E-state index contributed by atoms with van der Waals surface area (Å²) in [7, 11) is 0. The van der Waals surface area contributed by atoms with E-state index in [-0.39, 0.29) is 0 Å². The summed E-state index contributed by atoms with van der Waals surface area (Å²) in [5.41, 5.74) is 3.24. The lowest BCUT2D eigenvalue weighted by molar-refractivity contribution is 0.459. The molecule has 20 heavy (non-hydrogen) atoms. The number of aromatic nitrogens is 1. The smallest absolute Gasteiger partial charge is 0.219 e. The SMILES string of the molecule is CCNCc1nc(Oc2ccc(C)c(C)c2)ccc1Cl. The number of aryl methyl sites for hydroxylation is 2. The summed E-state index contributed by atoms with van der Waals surface area (Å²) in [4.78, 5) is 4.44. The van der Waals surface area contributed by atoms with Gasteiger partial charge >= 0.3 is 0 Å². The predicted octanol–water partition coefficient (Wildman–Crippen LogP) is 4.25. The van der Waals surface area contributed by atoms with E-state index >= 15 is 0 Å². The summed E-state index contributed by atoms with van der Waals surface area (Å²) in [6.07, 6.45) is 0. The maximum Gasteiger partial charge on any atom is 0.219 e. The Hall–Kier alpha value is -1.58. The summed E-state index contributed by atoms with van der Waals surface area (Å²) < 4.78 is 5.79. The van der Waals surface area contributed by atoms with Gasteiger partial charge in [-0.2, -0.15) is 0 Å². The van der Waals surface area contributed by atoms with Crippen LogP contribution in [0.15, 0.2) is 30.3 Å². The molecule has 0 saturated carbocycles. The molecule has 0 unspecified atom stereocenters. The molecule has 0 amide bonds. The van der Waals surface area contributed by atoms with Crippen molar-refractivity contribution in [2.45, 2.75) is 27.3 Å². The minimum absolute atomic E-state index is 0.561. The number of benzene rings is 1. The monoisotopic (exact) mass is 290 g/mol. The van der Waals surface area contributed by atoms with E-state index in [0.717, 1.165) is 18.0 Å². The highest BCUT2D eigenvalue weighted by molar-refractivity contribution is 6.31. The van der Waals surface area contributed by atoms with E-state index in [2.05, 4.69) is 24.1 Å². The zero-order valence-corrected chi connectivity index (χ0v) is 12.8. The summed E-state index contributed by atoms with van der Waals surface area (Å²) in [6, 6.07) is 9.60. The molecule has 3 nitrogen and oxygen atoms in total. The standard InChI is InChI=1S/C16H19ClN2O/c1-4-18-10-15-14(17)7-8-16(19-15)20-13-6-5-11(2)12(3)9-13/h5-9,18H,4,10H2,1-3H3. The van der Waals surface area contributed by atoms with Crippen LogP contribution in [0.1, 0.15) is 23.7 Å². The van der Waals surface area contributed by atoms with Crippen molar-refractivity contribution < 1.29 is 4.74 Å². The number of ether oxygens (including phenoxy) is 1. The lowest BCUT2D eigenvalue weighted by Gasteiger charge is -2.10. The molecule has 2 rings (SSSR count). The average molecular weight is 291 g/mol. The highest BCUT2D eigenvalue weighted by Gasteiger charge is 2.06. The van der Waals surface area contributed by atoms with Crippen molar-refractivity contribution in [3.63, 3.8) is 0 Å². The van der Waals surface area contributed by atoms with E-state index in [4.69, 9.17) is 16.3 Å². The van der Waals surface area contributed by atoms with Crippen molar-refractivity contribution in [3.8, 4) is 11.6 Å². The van der Waals surface area contributed by atoms with Crippen LogP contribution in [-0.4, -0.2) is 11.5 Å². The Kier molecular flexibility index (Phi) is 4.99. The molecule has 1 heterocycles. The molecule has 0 aliphatic carbocycles. The number of halogens is 1. The molecule has 0 fully saturated rings. The molecule has 106 valence electrons. The van der Waals surface area contributed by atoms with Crippen LogP contribution in [0.25, 0.3) is 0 Å². The summed E-state index contributed by atoms with van der Waals surface area (Å²) in [5, 5.41) is 3.86. The lowest BCUT2D eigenvalue weighted by Crippen LogP contribution is -2.13. The molecule has 0 aliphatic heterocycles. The third kappa shape index (κ3) is 3.71. The highest BCUT2D eigenvalue weighted by Crippen LogP contribution is 2.24. The fraction of sp³-hybridized carbons (Fsp3) is 0.312. The van der Waals surface area contributed by atoms with Gasteiger partial charge in [0.2, 0.25) is 5.88 Å². The van der Waals surface area contributed by atoms with Gasteiger partial charge in [-0.3, -0.25) is 0 Å². The van der Waals surface area contributed by atoms with Gasteiger partial charge in [0.1, 0.15) is 5.75 Å². The number of nitrogens with one attached hydrogen (secondary N) is 1. The molecule has 1 N–H and O–H groups in total. The van der Waals surface area contributed by atoms with E-state index in [1.165, 1.54) is 11.1 Å². The van der Waals surface area contributed by atoms with Gasteiger partial charge in [0.15, 0.2) is 0 Å². The van der Waals surface area contributed by atoms with Crippen LogP contribution in [0.3, 0.4) is 0 Å². The zero-order valence-electron chi connectivity index (χ0n) is 12.0. The molecular weight excluding hydrogens is 272 g/mol. The van der Waals surface area contributed by atoms with Crippen LogP contribution in [-0.2, 0) is 6.54 Å². The van der Waals surface area contributed by atoms with Gasteiger partial charge in [0, 0.05) is 12.6 Å². The third-order valence-electron chi connectivity index (χ3n) is 3.14. The van der Waals surface area contributed by atoms with Crippen LogP contribution >= 0.6 is 11.6 Å². The van der Waals surface area contributed by atoms with E-state index in [1.807, 2.05) is 31.2 Å². The fourth-order valence-corrected chi connectivity index (χ4v) is 1.96. The topological polar surface area (TPSA) is 34.2 Å². The van der Waals surface area contributed by atoms with Gasteiger partial charge in [-0.15, -0.1) is 0 Å². The number of rotatable bonds is 5. The minimum Gasteiger partial charge on any atom is -0.439 e. The Bertz CT molecular complexity index is 599. The molecule has 0 atom stereocenters. The second kappa shape index (κ2) is 6.73. The Morgan fingerprint density at radius 1 is 1.15 bits per heavy atom. The maximum absolute atomic E-state index is 6.12. The average Bonchev–Trinajstić information content (AvgIpc) is 2.43. The first-order valence-electron chi connectivity index (χ1n) is 6.71. The predicted molar refractivity (Wildman–Crippen MR) is 82.6 cm³/mol. The highest BCUT2D eigenvalue weighted by atomic mass is 35.5. The quantitative estimate of drug-likeness (QED) is 0.894. The first kappa shape index (κ1) is 14.8. The van der Waals surface area contributed by atoms with Crippen molar-refractivity contribution in [3.05, 3.63) is 52.2 Å². The van der Waals surface area contributed by atoms with Gasteiger partial charge in [-0.05, 0) is 49.7 Å². The van der Waals surface area contributed by atoms with Crippen LogP contribution in [0.4, 0.5) is 0 Å². The van der Waals surface area contributed by atoms with Gasteiger partial charge in [0.25, 0.3) is 0 Å². The summed E-state index contributed by atoms with van der Waals surface area (Å²) >= 11 is 6.12. The molecule has 0 radical (unpaired) electrons. The van der Waals surface area contributed by atoms with Crippen molar-refractivity contribution >= 4 is 11.6 Å². The van der Waals surface area contributed by atoms with E-state index in [1.54, 1.807) is 6.07 Å². The first-order valence-corrected chi connectivity index (χ1v) is 7.09. The number of hydrogen-bond acceptors (Lipinski definition) is 3. The zero-order chi connectivity index (χ0) is 14.5. The van der Waals surface area contributed by atoms with E-state index in [9.17, 15) is 0 Å². The van der Waals surface area contributed by atoms with Crippen LogP contribution in [0.2, 0.25) is 5.02 Å². The fourth-order valence-electron chi connectivity index (χ4n) is 1.79. The molecule has 0 spiro atoms. The molecule has 4 heteroatoms. The second-order valence-electron chi connectivity index (χ2n) is 4.71. The van der Waals surface area contributed by atoms with Gasteiger partial charge in [0.05, 0.1) is 10.7 Å². The molecule has 0 saturated heterocycles. The molecule has 0 aliphatic rings. The normalized spacial score (nSPS) is 10.6. The summed E-state index contributed by atoms with van der Waals surface area (Å²) in [5.74, 6) is 1.35. The van der Waals surface area contributed by atoms with Crippen molar-refractivity contribution in [2.24, 2.45) is 0 Å². The minimum atomic E-state index is 0.561. The Labute approximate surface area is 124 Å². The lowest BCUT2D eigenvalue weighted by atomic mass is 10.1. The number of nitrogens with zero attached hydrogens (tertiary/aromatic N) is 1. The summed E-state index contributed by atoms with van der Waals surface area (Å²) in [6.45, 7) is 7.70. The number of pyridine rings is 1. The molecule has 0 bridgehead atoms. The van der Waals surface area contributed by atoms with E-state index in [0.29, 0.717) is 17.4 Å². The Balaban J connectivity index is 2.18. The third-order valence-corrected chi connectivity index (χ3v) is 3.48. The Morgan fingerprint density at radius 2 is 1.95 bits per heavy atom. The van der Waals surface area contributed by atoms with Crippen LogP contribution in [0.5, 0.6) is 11.6 Å². The Morgan fingerprint density at radius 3 is 2.65 bits per heavy atom. The molecule has 2 aromatic rings. The number of hydrogen-bond donors (Lipinski definition) is 1. The first-order chi connectivity index (χ1) is 9.60. The molecular formula is C16H19ClN2O. The van der Waals surface area contributed by atoms with Crippen LogP contribution < -0.4 is 10.1 Å². The van der Waals surface area contributed by atoms with Crippen molar-refractivity contribution in [1.82, 2.24) is 10.3 Å². The van der Waals surface area contributed by atoms with Gasteiger partial charge in [-0.1, -0.05) is 24.6 Å². The largest absolute Gasteiger partial charge is 0.439 e. The van der Waals surface area contributed by atoms with Gasteiger partial charge < -0.3 is 10.1 Å². The van der Waals surface area contributed by atoms with Gasteiger partial charge in [-0.25, -0.2) is 4.98 Å². The second-order valence-corrected chi connectivity index (χ2v) is 5.11. The van der Waals surface area contributed by atoms with Crippen molar-refractivity contribution in [1.29, 1.82) is 0 Å². The van der Waals surface area contributed by atoms with Crippen molar-refractivity contribution in [2.75, 3.05) is 6.54 Å². The molecule has 1 aromatic carbocycles. The van der Waals surface area contributed by atoms with Crippen LogP contribution in [0, 0.1) is 13.8 Å². The molecule has 1 aromatic heterocycles. The maximum atomic E-state index is 6.12.